The van der Waals surface area contributed by atoms with Gasteiger partial charge in [0.05, 0.1) is 17.8 Å². The van der Waals surface area contributed by atoms with Gasteiger partial charge in [0, 0.05) is 23.0 Å². The van der Waals surface area contributed by atoms with Gasteiger partial charge in [-0.3, -0.25) is 4.79 Å². The summed E-state index contributed by atoms with van der Waals surface area (Å²) in [7, 11) is -4.01. The first kappa shape index (κ1) is 37.6. The molecule has 0 amide bonds. The Morgan fingerprint density at radius 1 is 0.933 bits per heavy atom. The molecular formula is C38H68O4SSi2. The van der Waals surface area contributed by atoms with E-state index in [9.17, 15) is 9.90 Å². The molecule has 3 fully saturated rings. The molecule has 8 atom stereocenters. The second-order valence-electron chi connectivity index (χ2n) is 19.4. The second-order valence-corrected chi connectivity index (χ2v) is 30.4. The fourth-order valence-electron chi connectivity index (χ4n) is 8.62. The fourth-order valence-corrected chi connectivity index (χ4v) is 13.0. The van der Waals surface area contributed by atoms with E-state index in [0.717, 1.165) is 37.9 Å². The van der Waals surface area contributed by atoms with Crippen LogP contribution in [-0.4, -0.2) is 56.3 Å². The van der Waals surface area contributed by atoms with Crippen LogP contribution in [-0.2, 0) is 13.6 Å². The van der Waals surface area contributed by atoms with Crippen LogP contribution < -0.4 is 0 Å². The van der Waals surface area contributed by atoms with E-state index in [0.29, 0.717) is 24.0 Å². The number of hydrogen-bond acceptors (Lipinski definition) is 5. The minimum atomic E-state index is -2.07. The van der Waals surface area contributed by atoms with Crippen LogP contribution in [0, 0.1) is 28.6 Å². The van der Waals surface area contributed by atoms with Crippen LogP contribution >= 0.6 is 11.8 Å². The van der Waals surface area contributed by atoms with Gasteiger partial charge in [-0.15, -0.1) is 0 Å². The van der Waals surface area contributed by atoms with Gasteiger partial charge in [0.2, 0.25) is 0 Å². The van der Waals surface area contributed by atoms with Crippen LogP contribution in [0.15, 0.2) is 23.3 Å². The molecule has 4 nitrogen and oxygen atoms in total. The minimum absolute atomic E-state index is 0.0132. The largest absolute Gasteiger partial charge is 0.414 e. The molecule has 4 aliphatic rings. The van der Waals surface area contributed by atoms with Gasteiger partial charge in [0.25, 0.3) is 0 Å². The number of allylic oxidation sites excluding steroid dienone is 3. The van der Waals surface area contributed by atoms with E-state index in [2.05, 4.69) is 101 Å². The Morgan fingerprint density at radius 3 is 2.07 bits per heavy atom. The Kier molecular flexibility index (Phi) is 10.3. The van der Waals surface area contributed by atoms with Gasteiger partial charge in [-0.2, -0.15) is 11.8 Å². The number of rotatable bonds is 9. The summed E-state index contributed by atoms with van der Waals surface area (Å²) in [4.78, 5) is 13.9. The zero-order valence-electron chi connectivity index (χ0n) is 31.6. The van der Waals surface area contributed by atoms with Crippen LogP contribution in [0.3, 0.4) is 0 Å². The molecule has 4 aliphatic carbocycles. The van der Waals surface area contributed by atoms with E-state index in [1.807, 2.05) is 25.6 Å². The van der Waals surface area contributed by atoms with Crippen LogP contribution in [0.5, 0.6) is 0 Å². The third-order valence-electron chi connectivity index (χ3n) is 13.6. The average molecular weight is 677 g/mol. The lowest BCUT2D eigenvalue weighted by Gasteiger charge is -2.59. The second kappa shape index (κ2) is 12.3. The Hall–Kier alpha value is -0.186. The van der Waals surface area contributed by atoms with E-state index in [1.54, 1.807) is 0 Å². The van der Waals surface area contributed by atoms with Crippen molar-refractivity contribution in [3.8, 4) is 0 Å². The zero-order valence-corrected chi connectivity index (χ0v) is 34.5. The maximum absolute atomic E-state index is 13.9. The number of carbonyl (C=O) groups excluding carboxylic acids is 1. The van der Waals surface area contributed by atoms with E-state index in [1.165, 1.54) is 11.1 Å². The van der Waals surface area contributed by atoms with Gasteiger partial charge in [0.15, 0.2) is 16.6 Å². The zero-order chi connectivity index (χ0) is 34.2. The first-order valence-electron chi connectivity index (χ1n) is 17.9. The SMILES string of the molecule is CC(SCCC(C)(C)O)[C@H]1C(=O)C[C@H]2C3=CC=C4C[C@@H](O[Si](C)(C)C(C)(C)C)C[C@H](O[Si](C)(C)C(C)(C)C)[C@]4(C)[C@H]3CC[C@]12C. The number of Topliss-reactive ketones (excluding diaryl/α,β-unsaturated/α-hetero) is 1. The van der Waals surface area contributed by atoms with Crippen molar-refractivity contribution in [1.29, 1.82) is 0 Å². The molecule has 4 rings (SSSR count). The summed E-state index contributed by atoms with van der Waals surface area (Å²) in [5.41, 5.74) is 2.27. The first-order valence-corrected chi connectivity index (χ1v) is 24.7. The number of aliphatic hydroxyl groups is 1. The normalized spacial score (nSPS) is 35.3. The topological polar surface area (TPSA) is 55.8 Å². The van der Waals surface area contributed by atoms with Gasteiger partial charge < -0.3 is 14.0 Å². The molecule has 0 aromatic rings. The number of ketones is 1. The molecule has 0 saturated heterocycles. The van der Waals surface area contributed by atoms with Crippen molar-refractivity contribution in [2.75, 3.05) is 5.75 Å². The lowest BCUT2D eigenvalue weighted by Crippen LogP contribution is -2.58. The van der Waals surface area contributed by atoms with Crippen molar-refractivity contribution in [2.24, 2.45) is 28.6 Å². The Balaban J connectivity index is 1.69. The first-order chi connectivity index (χ1) is 20.2. The van der Waals surface area contributed by atoms with Crippen molar-refractivity contribution >= 4 is 34.2 Å². The summed E-state index contributed by atoms with van der Waals surface area (Å²) >= 11 is 1.88. The molecule has 0 radical (unpaired) electrons. The Labute approximate surface area is 283 Å². The van der Waals surface area contributed by atoms with Crippen molar-refractivity contribution in [1.82, 2.24) is 0 Å². The molecule has 45 heavy (non-hydrogen) atoms. The average Bonchev–Trinajstić information content (AvgIpc) is 3.12. The third-order valence-corrected chi connectivity index (χ3v) is 23.9. The lowest BCUT2D eigenvalue weighted by molar-refractivity contribution is -0.122. The summed E-state index contributed by atoms with van der Waals surface area (Å²) in [5, 5.41) is 10.8. The van der Waals surface area contributed by atoms with Gasteiger partial charge >= 0.3 is 0 Å². The number of thioether (sulfide) groups is 1. The van der Waals surface area contributed by atoms with Crippen LogP contribution in [0.1, 0.15) is 115 Å². The lowest BCUT2D eigenvalue weighted by atomic mass is 9.49. The maximum atomic E-state index is 13.9. The smallest absolute Gasteiger partial charge is 0.192 e. The standard InChI is InChI=1S/C38H68O4SSi2/c1-25(43-21-20-36(8,9)40)33-31(39)24-30-28-17-16-26-22-27(41-44(12,13)34(2,3)4)23-32(42-45(14,15)35(5,6)7)38(26,11)29(28)18-19-37(30,33)10/h16-17,25,27,29-30,32-33,40H,18-24H2,1-15H3/t25?,27-,29+,30+,32+,33+,37+,38+/m1/s1. The van der Waals surface area contributed by atoms with E-state index < -0.39 is 22.2 Å². The van der Waals surface area contributed by atoms with E-state index >= 15 is 0 Å². The van der Waals surface area contributed by atoms with Crippen LogP contribution in [0.4, 0.5) is 0 Å². The van der Waals surface area contributed by atoms with Gasteiger partial charge in [0.1, 0.15) is 5.78 Å². The molecule has 0 spiro atoms. The summed E-state index contributed by atoms with van der Waals surface area (Å²) in [5.74, 6) is 2.12. The molecule has 1 N–H and O–H groups in total. The molecule has 7 heteroatoms. The van der Waals surface area contributed by atoms with Crippen molar-refractivity contribution in [2.45, 2.75) is 174 Å². The molecule has 0 bridgehead atoms. The van der Waals surface area contributed by atoms with Crippen molar-refractivity contribution < 1.29 is 18.8 Å². The monoisotopic (exact) mass is 676 g/mol. The van der Waals surface area contributed by atoms with E-state index in [4.69, 9.17) is 8.85 Å². The van der Waals surface area contributed by atoms with Crippen molar-refractivity contribution in [3.63, 3.8) is 0 Å². The quantitative estimate of drug-likeness (QED) is 0.246. The molecule has 0 aromatic carbocycles. The summed E-state index contributed by atoms with van der Waals surface area (Å²) in [6, 6.07) is 0. The van der Waals surface area contributed by atoms with E-state index in [-0.39, 0.29) is 44.3 Å². The summed E-state index contributed by atoms with van der Waals surface area (Å²) in [6.45, 7) is 34.6. The Bertz CT molecular complexity index is 1190. The van der Waals surface area contributed by atoms with Gasteiger partial charge in [-0.25, -0.2) is 0 Å². The molecular weight excluding hydrogens is 609 g/mol. The predicted molar refractivity (Wildman–Crippen MR) is 198 cm³/mol. The molecule has 0 heterocycles. The van der Waals surface area contributed by atoms with Gasteiger partial charge in [-0.05, 0) is 105 Å². The molecule has 0 aromatic heterocycles. The number of fused-ring (bicyclic) bond motifs is 5. The predicted octanol–water partition coefficient (Wildman–Crippen LogP) is 10.3. The fraction of sp³-hybridized carbons (Fsp3) is 0.868. The maximum Gasteiger partial charge on any atom is 0.192 e. The highest BCUT2D eigenvalue weighted by Gasteiger charge is 2.62. The molecule has 1 unspecified atom stereocenters. The molecule has 258 valence electrons. The third kappa shape index (κ3) is 7.11. The van der Waals surface area contributed by atoms with Gasteiger partial charge in [-0.1, -0.05) is 85.6 Å². The number of hydrogen-bond donors (Lipinski definition) is 1. The minimum Gasteiger partial charge on any atom is -0.414 e. The highest BCUT2D eigenvalue weighted by atomic mass is 32.2. The summed E-state index contributed by atoms with van der Waals surface area (Å²) in [6.07, 6.45) is 10.7. The van der Waals surface area contributed by atoms with Crippen LogP contribution in [0.2, 0.25) is 36.3 Å². The summed E-state index contributed by atoms with van der Waals surface area (Å²) < 4.78 is 14.6. The Morgan fingerprint density at radius 2 is 1.51 bits per heavy atom. The number of carbonyl (C=O) groups is 1. The highest BCUT2D eigenvalue weighted by molar-refractivity contribution is 7.99. The molecule has 3 saturated carbocycles. The molecule has 0 aliphatic heterocycles. The van der Waals surface area contributed by atoms with Crippen LogP contribution in [0.25, 0.3) is 0 Å². The van der Waals surface area contributed by atoms with Crippen molar-refractivity contribution in [3.05, 3.63) is 23.3 Å². The highest BCUT2D eigenvalue weighted by Crippen LogP contribution is 2.66.